The number of imidazole rings is 1. The molecule has 1 aliphatic carbocycles. The molecule has 0 aromatic carbocycles. The monoisotopic (exact) mass is 166 g/mol. The Hall–Kier alpha value is -1.32. The molecule has 0 aliphatic heterocycles. The van der Waals surface area contributed by atoms with Crippen LogP contribution in [-0.4, -0.2) is 20.6 Å². The van der Waals surface area contributed by atoms with Gasteiger partial charge in [-0.3, -0.25) is 4.79 Å². The molecule has 1 N–H and O–H groups in total. The van der Waals surface area contributed by atoms with Crippen LogP contribution in [0, 0.1) is 5.92 Å². The van der Waals surface area contributed by atoms with Crippen LogP contribution in [0.3, 0.4) is 0 Å². The Morgan fingerprint density at radius 3 is 3.00 bits per heavy atom. The Balaban J connectivity index is 2.15. The molecule has 0 unspecified atom stereocenters. The third-order valence-electron chi connectivity index (χ3n) is 2.34. The van der Waals surface area contributed by atoms with Crippen LogP contribution < -0.4 is 0 Å². The van der Waals surface area contributed by atoms with Crippen LogP contribution in [0.25, 0.3) is 0 Å². The fraction of sp³-hybridized carbons (Fsp3) is 0.500. The van der Waals surface area contributed by atoms with Crippen molar-refractivity contribution in [2.75, 3.05) is 0 Å². The van der Waals surface area contributed by atoms with Gasteiger partial charge in [-0.2, -0.15) is 0 Å². The molecule has 2 rings (SSSR count). The first-order valence-electron chi connectivity index (χ1n) is 3.89. The molecule has 0 radical (unpaired) electrons. The largest absolute Gasteiger partial charge is 0.481 e. The van der Waals surface area contributed by atoms with E-state index in [-0.39, 0.29) is 11.8 Å². The Morgan fingerprint density at radius 2 is 2.58 bits per heavy atom. The number of carboxylic acids is 1. The van der Waals surface area contributed by atoms with Gasteiger partial charge in [0.15, 0.2) is 0 Å². The third kappa shape index (κ3) is 0.995. The van der Waals surface area contributed by atoms with Crippen LogP contribution in [0.4, 0.5) is 0 Å². The zero-order valence-electron chi connectivity index (χ0n) is 6.77. The first-order valence-corrected chi connectivity index (χ1v) is 3.89. The maximum atomic E-state index is 10.5. The molecule has 0 saturated heterocycles. The summed E-state index contributed by atoms with van der Waals surface area (Å²) in [5.74, 6) is -0.684. The van der Waals surface area contributed by atoms with E-state index in [4.69, 9.17) is 5.11 Å². The summed E-state index contributed by atoms with van der Waals surface area (Å²) < 4.78 is 1.88. The molecular formula is C8H10N2O2. The van der Waals surface area contributed by atoms with Gasteiger partial charge in [-0.05, 0) is 6.42 Å². The van der Waals surface area contributed by atoms with Crippen molar-refractivity contribution in [3.8, 4) is 0 Å². The van der Waals surface area contributed by atoms with Gasteiger partial charge in [0.2, 0.25) is 0 Å². The molecular weight excluding hydrogens is 156 g/mol. The fourth-order valence-corrected chi connectivity index (χ4v) is 1.52. The zero-order valence-corrected chi connectivity index (χ0v) is 6.77. The third-order valence-corrected chi connectivity index (χ3v) is 2.34. The predicted molar refractivity (Wildman–Crippen MR) is 41.7 cm³/mol. The number of hydrogen-bond acceptors (Lipinski definition) is 2. The van der Waals surface area contributed by atoms with E-state index in [2.05, 4.69) is 4.98 Å². The molecule has 4 heteroatoms. The first-order chi connectivity index (χ1) is 5.70. The van der Waals surface area contributed by atoms with Crippen LogP contribution in [0.1, 0.15) is 18.0 Å². The number of aromatic nitrogens is 2. The summed E-state index contributed by atoms with van der Waals surface area (Å²) in [7, 11) is 1.89. The second-order valence-electron chi connectivity index (χ2n) is 3.22. The minimum Gasteiger partial charge on any atom is -0.481 e. The lowest BCUT2D eigenvalue weighted by molar-refractivity contribution is -0.138. The maximum Gasteiger partial charge on any atom is 0.307 e. The lowest BCUT2D eigenvalue weighted by atomic mass is 10.2. The van der Waals surface area contributed by atoms with E-state index in [1.807, 2.05) is 11.6 Å². The van der Waals surface area contributed by atoms with Gasteiger partial charge in [0, 0.05) is 24.9 Å². The summed E-state index contributed by atoms with van der Waals surface area (Å²) in [4.78, 5) is 14.5. The molecule has 4 nitrogen and oxygen atoms in total. The molecule has 12 heavy (non-hydrogen) atoms. The summed E-state index contributed by atoms with van der Waals surface area (Å²) in [6.45, 7) is 0. The summed E-state index contributed by atoms with van der Waals surface area (Å²) in [6, 6.07) is 0. The zero-order chi connectivity index (χ0) is 8.72. The summed E-state index contributed by atoms with van der Waals surface area (Å²) in [6.07, 6.45) is 4.20. The molecule has 1 aromatic rings. The topological polar surface area (TPSA) is 55.1 Å². The predicted octanol–water partition coefficient (Wildman–Crippen LogP) is 0.608. The number of hydrogen-bond donors (Lipinski definition) is 1. The van der Waals surface area contributed by atoms with E-state index in [1.165, 1.54) is 0 Å². The van der Waals surface area contributed by atoms with Gasteiger partial charge in [0.25, 0.3) is 0 Å². The van der Waals surface area contributed by atoms with Crippen LogP contribution >= 0.6 is 0 Å². The second kappa shape index (κ2) is 2.33. The molecule has 0 amide bonds. The van der Waals surface area contributed by atoms with Crippen molar-refractivity contribution in [3.05, 3.63) is 18.2 Å². The average Bonchev–Trinajstić information content (AvgIpc) is 2.70. The number of aryl methyl sites for hydroxylation is 1. The van der Waals surface area contributed by atoms with Crippen molar-refractivity contribution in [1.29, 1.82) is 0 Å². The van der Waals surface area contributed by atoms with Gasteiger partial charge in [-0.1, -0.05) is 0 Å². The lowest BCUT2D eigenvalue weighted by Crippen LogP contribution is -2.01. The van der Waals surface area contributed by atoms with E-state index < -0.39 is 5.97 Å². The number of rotatable bonds is 2. The first kappa shape index (κ1) is 7.34. The minimum absolute atomic E-state index is 0.180. The standard InChI is InChI=1S/C8H10N2O2/c1-10-4-9-3-7(10)5-2-6(5)8(11)12/h3-6H,2H2,1H3,(H,11,12)/t5-,6+/m1/s1. The Labute approximate surface area is 69.8 Å². The van der Waals surface area contributed by atoms with Gasteiger partial charge in [0.05, 0.1) is 12.2 Å². The lowest BCUT2D eigenvalue weighted by Gasteiger charge is -1.97. The Morgan fingerprint density at radius 1 is 1.83 bits per heavy atom. The van der Waals surface area contributed by atoms with Crippen molar-refractivity contribution in [2.45, 2.75) is 12.3 Å². The number of carbonyl (C=O) groups is 1. The molecule has 64 valence electrons. The van der Waals surface area contributed by atoms with E-state index in [9.17, 15) is 4.79 Å². The van der Waals surface area contributed by atoms with Gasteiger partial charge >= 0.3 is 5.97 Å². The van der Waals surface area contributed by atoms with Crippen molar-refractivity contribution >= 4 is 5.97 Å². The SMILES string of the molecule is Cn1cncc1[C@@H]1C[C@@H]1C(=O)O. The van der Waals surface area contributed by atoms with E-state index >= 15 is 0 Å². The Kier molecular flexibility index (Phi) is 1.43. The fourth-order valence-electron chi connectivity index (χ4n) is 1.52. The molecule has 1 fully saturated rings. The van der Waals surface area contributed by atoms with Crippen molar-refractivity contribution in [2.24, 2.45) is 13.0 Å². The summed E-state index contributed by atoms with van der Waals surface area (Å²) in [5.41, 5.74) is 1.03. The van der Waals surface area contributed by atoms with Gasteiger partial charge in [-0.15, -0.1) is 0 Å². The van der Waals surface area contributed by atoms with Crippen LogP contribution in [0.5, 0.6) is 0 Å². The number of nitrogens with zero attached hydrogens (tertiary/aromatic N) is 2. The highest BCUT2D eigenvalue weighted by Gasteiger charge is 2.45. The second-order valence-corrected chi connectivity index (χ2v) is 3.22. The number of carboxylic acid groups (broad SMARTS) is 1. The van der Waals surface area contributed by atoms with Crippen molar-refractivity contribution in [1.82, 2.24) is 9.55 Å². The van der Waals surface area contributed by atoms with Gasteiger partial charge in [0.1, 0.15) is 0 Å². The van der Waals surface area contributed by atoms with Gasteiger partial charge < -0.3 is 9.67 Å². The quantitative estimate of drug-likeness (QED) is 0.700. The number of aliphatic carboxylic acids is 1. The smallest absolute Gasteiger partial charge is 0.307 e. The van der Waals surface area contributed by atoms with Crippen LogP contribution in [0.15, 0.2) is 12.5 Å². The highest BCUT2D eigenvalue weighted by Crippen LogP contribution is 2.47. The summed E-state index contributed by atoms with van der Waals surface area (Å²) in [5, 5.41) is 8.68. The molecule has 0 bridgehead atoms. The molecule has 1 aromatic heterocycles. The van der Waals surface area contributed by atoms with Crippen molar-refractivity contribution in [3.63, 3.8) is 0 Å². The maximum absolute atomic E-state index is 10.5. The molecule has 1 saturated carbocycles. The van der Waals surface area contributed by atoms with Crippen molar-refractivity contribution < 1.29 is 9.90 Å². The normalized spacial score (nSPS) is 27.1. The van der Waals surface area contributed by atoms with E-state index in [1.54, 1.807) is 12.5 Å². The van der Waals surface area contributed by atoms with Crippen LogP contribution in [0.2, 0.25) is 0 Å². The van der Waals surface area contributed by atoms with Gasteiger partial charge in [-0.25, -0.2) is 4.98 Å². The van der Waals surface area contributed by atoms with E-state index in [0.717, 1.165) is 12.1 Å². The highest BCUT2D eigenvalue weighted by molar-refractivity contribution is 5.75. The highest BCUT2D eigenvalue weighted by atomic mass is 16.4. The Bertz CT molecular complexity index is 319. The molecule has 1 aliphatic rings. The minimum atomic E-state index is -0.693. The van der Waals surface area contributed by atoms with Crippen LogP contribution in [-0.2, 0) is 11.8 Å². The molecule has 2 atom stereocenters. The van der Waals surface area contributed by atoms with E-state index in [0.29, 0.717) is 0 Å². The molecule has 0 spiro atoms. The average molecular weight is 166 g/mol. The molecule has 1 heterocycles. The summed E-state index contributed by atoms with van der Waals surface area (Å²) >= 11 is 0.